The zero-order chi connectivity index (χ0) is 38.4. The second kappa shape index (κ2) is 13.0. The lowest BCUT2D eigenvalue weighted by Gasteiger charge is -2.44. The number of pyridine rings is 1. The lowest BCUT2D eigenvalue weighted by molar-refractivity contribution is -0.465. The average molecular weight is 755 g/mol. The second-order valence-electron chi connectivity index (χ2n) is 10.1. The van der Waals surface area contributed by atoms with Crippen molar-refractivity contribution in [1.82, 2.24) is 4.98 Å². The normalized spacial score (nSPS) is 14.7. The van der Waals surface area contributed by atoms with Gasteiger partial charge in [-0.2, -0.15) is 79.0 Å². The quantitative estimate of drug-likeness (QED) is 0.134. The number of carbonyl (C=O) groups is 1. The van der Waals surface area contributed by atoms with E-state index in [1.807, 2.05) is 6.92 Å². The summed E-state index contributed by atoms with van der Waals surface area (Å²) in [5.41, 5.74) is 0.481. The van der Waals surface area contributed by atoms with Crippen LogP contribution in [0.1, 0.15) is 29.3 Å². The first kappa shape index (κ1) is 41.6. The van der Waals surface area contributed by atoms with Crippen molar-refractivity contribution < 1.29 is 97.3 Å². The lowest BCUT2D eigenvalue weighted by atomic mass is 9.86. The molecule has 23 heteroatoms. The smallest absolute Gasteiger partial charge is 0.385 e. The highest BCUT2D eigenvalue weighted by Crippen LogP contribution is 2.65. The molecule has 0 bridgehead atoms. The molecule has 0 amide bonds. The van der Waals surface area contributed by atoms with Crippen LogP contribution < -0.4 is 0 Å². The van der Waals surface area contributed by atoms with Crippen molar-refractivity contribution in [3.8, 4) is 11.3 Å². The summed E-state index contributed by atoms with van der Waals surface area (Å²) in [7, 11) is 0. The van der Waals surface area contributed by atoms with E-state index in [0.717, 1.165) is 36.2 Å². The molecule has 278 valence electrons. The van der Waals surface area contributed by atoms with Crippen molar-refractivity contribution in [1.29, 1.82) is 0 Å². The first-order chi connectivity index (χ1) is 21.8. The number of aryl methyl sites for hydroxylation is 1. The Morgan fingerprint density at radius 1 is 0.633 bits per heavy atom. The van der Waals surface area contributed by atoms with Gasteiger partial charge < -0.3 is 4.74 Å². The van der Waals surface area contributed by atoms with Crippen LogP contribution in [0.25, 0.3) is 11.3 Å². The van der Waals surface area contributed by atoms with Gasteiger partial charge in [-0.1, -0.05) is 31.5 Å². The maximum absolute atomic E-state index is 14.1. The molecule has 1 aromatic heterocycles. The molecule has 49 heavy (non-hydrogen) atoms. The van der Waals surface area contributed by atoms with Gasteiger partial charge in [0.05, 0.1) is 11.3 Å². The van der Waals surface area contributed by atoms with E-state index in [1.165, 1.54) is 12.3 Å². The maximum Gasteiger partial charge on any atom is 0.385 e. The van der Waals surface area contributed by atoms with Crippen molar-refractivity contribution in [3.63, 3.8) is 0 Å². The van der Waals surface area contributed by atoms with Gasteiger partial charge >= 0.3 is 65.7 Å². The minimum atomic E-state index is -9.11. The molecule has 3 nitrogen and oxygen atoms in total. The Bertz CT molecular complexity index is 1460. The molecule has 1 aromatic carbocycles. The molecule has 2 rings (SSSR count). The zero-order valence-electron chi connectivity index (χ0n) is 23.6. The van der Waals surface area contributed by atoms with E-state index in [9.17, 15) is 92.6 Å². The van der Waals surface area contributed by atoms with Crippen LogP contribution in [0.5, 0.6) is 0 Å². The van der Waals surface area contributed by atoms with Gasteiger partial charge in [-0.05, 0) is 30.2 Å². The van der Waals surface area contributed by atoms with Crippen LogP contribution in [0, 0.1) is 0 Å². The molecule has 0 N–H and O–H groups in total. The molecule has 0 aliphatic heterocycles. The number of ether oxygens (including phenoxy) is 1. The number of hydrogen-bond acceptors (Lipinski definition) is 3. The van der Waals surface area contributed by atoms with Gasteiger partial charge in [0.1, 0.15) is 0 Å². The highest BCUT2D eigenvalue weighted by molar-refractivity contribution is 5.90. The van der Waals surface area contributed by atoms with E-state index in [2.05, 4.69) is 9.72 Å². The first-order valence-electron chi connectivity index (χ1n) is 12.7. The molecule has 0 unspecified atom stereocenters. The third-order valence-corrected chi connectivity index (χ3v) is 6.68. The fourth-order valence-electron chi connectivity index (χ4n) is 3.70. The Morgan fingerprint density at radius 3 is 1.45 bits per heavy atom. The summed E-state index contributed by atoms with van der Waals surface area (Å²) in [6, 6.07) is 6.75. The van der Waals surface area contributed by atoms with Crippen molar-refractivity contribution in [3.05, 3.63) is 53.7 Å². The number of hydrogen-bond donors (Lipinski definition) is 0. The van der Waals surface area contributed by atoms with Gasteiger partial charge in [0.25, 0.3) is 0 Å². The summed E-state index contributed by atoms with van der Waals surface area (Å²) in [6.45, 7) is -1.57. The van der Waals surface area contributed by atoms with Crippen LogP contribution in [0.2, 0.25) is 0 Å². The third kappa shape index (κ3) is 6.45. The van der Waals surface area contributed by atoms with E-state index in [0.29, 0.717) is 6.42 Å². The van der Waals surface area contributed by atoms with E-state index in [1.54, 1.807) is 6.07 Å². The molecule has 0 atom stereocenters. The van der Waals surface area contributed by atoms with Crippen molar-refractivity contribution in [2.75, 3.05) is 6.61 Å². The molecule has 0 saturated carbocycles. The third-order valence-electron chi connectivity index (χ3n) is 6.68. The molecule has 0 aliphatic rings. The van der Waals surface area contributed by atoms with E-state index in [-0.39, 0.29) is 11.3 Å². The minimum absolute atomic E-state index is 0.234. The van der Waals surface area contributed by atoms with Crippen molar-refractivity contribution in [2.45, 2.75) is 79.5 Å². The Labute approximate surface area is 260 Å². The summed E-state index contributed by atoms with van der Waals surface area (Å²) in [6.07, 6.45) is -3.25. The molecule has 0 fully saturated rings. The summed E-state index contributed by atoms with van der Waals surface area (Å²) in [4.78, 5) is 16.1. The van der Waals surface area contributed by atoms with Gasteiger partial charge in [-0.3, -0.25) is 4.98 Å². The Balaban J connectivity index is 2.37. The van der Waals surface area contributed by atoms with Crippen LogP contribution in [-0.2, 0) is 11.2 Å². The van der Waals surface area contributed by atoms with Crippen LogP contribution >= 0.6 is 0 Å². The molecule has 0 spiro atoms. The topological polar surface area (TPSA) is 39.2 Å². The number of rotatable bonds is 15. The van der Waals surface area contributed by atoms with Crippen LogP contribution in [0.4, 0.5) is 87.8 Å². The molecule has 0 aliphatic carbocycles. The summed E-state index contributed by atoms with van der Waals surface area (Å²) in [5.74, 6) is -78.3. The number of esters is 1. The summed E-state index contributed by atoms with van der Waals surface area (Å²) in [5, 5.41) is 0. The highest BCUT2D eigenvalue weighted by Gasteiger charge is 2.96. The molecule has 2 aromatic rings. The second-order valence-corrected chi connectivity index (χ2v) is 10.1. The predicted octanol–water partition coefficient (Wildman–Crippen LogP) is 9.84. The fourth-order valence-corrected chi connectivity index (χ4v) is 3.70. The van der Waals surface area contributed by atoms with Gasteiger partial charge in [-0.15, -0.1) is 0 Å². The number of alkyl halides is 20. The molecular formula is C26H17F20NO2. The average Bonchev–Trinajstić information content (AvgIpc) is 2.99. The molecular weight excluding hydrogens is 738 g/mol. The Kier molecular flexibility index (Phi) is 11.0. The van der Waals surface area contributed by atoms with Gasteiger partial charge in [0.15, 0.2) is 6.61 Å². The van der Waals surface area contributed by atoms with Crippen molar-refractivity contribution >= 4 is 5.97 Å². The fraction of sp³-hybridized carbons (Fsp3) is 0.538. The number of halogens is 20. The van der Waals surface area contributed by atoms with Crippen LogP contribution in [0.15, 0.2) is 42.6 Å². The predicted molar refractivity (Wildman–Crippen MR) is 124 cm³/mol. The highest BCUT2D eigenvalue weighted by atomic mass is 19.4. The summed E-state index contributed by atoms with van der Waals surface area (Å²) >= 11 is 0. The van der Waals surface area contributed by atoms with Gasteiger partial charge in [-0.25, -0.2) is 13.6 Å². The van der Waals surface area contributed by atoms with E-state index in [4.69, 9.17) is 0 Å². The number of benzene rings is 1. The monoisotopic (exact) mass is 755 g/mol. The largest absolute Gasteiger partial charge is 0.455 e. The Morgan fingerprint density at radius 2 is 1.06 bits per heavy atom. The van der Waals surface area contributed by atoms with Gasteiger partial charge in [0.2, 0.25) is 0 Å². The Hall–Kier alpha value is -3.56. The molecule has 0 saturated heterocycles. The first-order valence-corrected chi connectivity index (χ1v) is 12.7. The maximum atomic E-state index is 14.1. The van der Waals surface area contributed by atoms with Crippen molar-refractivity contribution in [2.24, 2.45) is 0 Å². The number of aromatic nitrogens is 1. The summed E-state index contributed by atoms with van der Waals surface area (Å²) < 4.78 is 275. The zero-order valence-corrected chi connectivity index (χ0v) is 23.6. The van der Waals surface area contributed by atoms with E-state index >= 15 is 0 Å². The number of carbonyl (C=O) groups excluding carboxylic acids is 1. The SMILES string of the molecule is CCCc1ccc(-c2ccc(C(=O)OCC(F)(F)C(F)(F)C(F)(F)C(F)(F)C(F)(F)C(F)(F)C(F)(F)C(F)(F)C(F)(F)C(F)F)cc2)nc1. The molecule has 1 heterocycles. The van der Waals surface area contributed by atoms with Crippen LogP contribution in [0.3, 0.4) is 0 Å². The van der Waals surface area contributed by atoms with Gasteiger partial charge in [0, 0.05) is 11.8 Å². The lowest BCUT2D eigenvalue weighted by Crippen LogP contribution is -2.76. The minimum Gasteiger partial charge on any atom is -0.455 e. The van der Waals surface area contributed by atoms with E-state index < -0.39 is 77.9 Å². The molecule has 0 radical (unpaired) electrons. The van der Waals surface area contributed by atoms with Crippen LogP contribution in [-0.4, -0.2) is 77.3 Å². The standard InChI is InChI=1S/C26H17F20NO2/c1-2-3-12-4-9-15(47-10-12)13-5-7-14(8-6-13)16(48)49-11-18(29,30)20(33,34)22(37,38)24(41,42)26(45,46)25(43,44)23(39,40)21(35,36)19(31,32)17(27)28/h4-10,17H,2-3,11H2,1H3. The number of nitrogens with zero attached hydrogens (tertiary/aromatic N) is 1.